The van der Waals surface area contributed by atoms with Crippen LogP contribution in [0.1, 0.15) is 41.3 Å². The van der Waals surface area contributed by atoms with E-state index in [9.17, 15) is 19.2 Å². The molecule has 0 spiro atoms. The molecule has 1 aliphatic rings. The number of hydrogen-bond acceptors (Lipinski definition) is 4. The number of nitrogens with zero attached hydrogens (tertiary/aromatic N) is 1. The summed E-state index contributed by atoms with van der Waals surface area (Å²) in [4.78, 5) is 49.0. The summed E-state index contributed by atoms with van der Waals surface area (Å²) in [5.41, 5.74) is 1.78. The Bertz CT molecular complexity index is 988. The van der Waals surface area contributed by atoms with E-state index in [1.807, 2.05) is 12.1 Å². The summed E-state index contributed by atoms with van der Waals surface area (Å²) in [7, 11) is 0. The van der Waals surface area contributed by atoms with Crippen LogP contribution >= 0.6 is 0 Å². The van der Waals surface area contributed by atoms with Gasteiger partial charge in [-0.1, -0.05) is 38.1 Å². The first-order chi connectivity index (χ1) is 13.3. The van der Waals surface area contributed by atoms with E-state index < -0.39 is 23.8 Å². The van der Waals surface area contributed by atoms with Crippen LogP contribution in [0.5, 0.6) is 0 Å². The number of carboxylic acids is 1. The second kappa shape index (κ2) is 7.48. The van der Waals surface area contributed by atoms with E-state index in [0.29, 0.717) is 11.5 Å². The number of carbonyl (C=O) groups excluding carboxylic acids is 3. The third-order valence-electron chi connectivity index (χ3n) is 4.39. The van der Waals surface area contributed by atoms with Crippen molar-refractivity contribution in [2.45, 2.75) is 19.8 Å². The quantitative estimate of drug-likeness (QED) is 0.628. The number of imide groups is 2. The maximum atomic E-state index is 12.8. The number of hydrogen-bond donors (Lipinski definition) is 2. The van der Waals surface area contributed by atoms with Gasteiger partial charge in [0.25, 0.3) is 11.8 Å². The van der Waals surface area contributed by atoms with Gasteiger partial charge < -0.3 is 5.11 Å². The highest BCUT2D eigenvalue weighted by Crippen LogP contribution is 2.23. The van der Waals surface area contributed by atoms with Crippen molar-refractivity contribution < 1.29 is 24.3 Å². The van der Waals surface area contributed by atoms with Gasteiger partial charge in [0.2, 0.25) is 0 Å². The Morgan fingerprint density at radius 3 is 2.14 bits per heavy atom. The molecule has 2 N–H and O–H groups in total. The number of rotatable bonds is 4. The molecule has 0 radical (unpaired) electrons. The number of carboxylic acid groups (broad SMARTS) is 1. The van der Waals surface area contributed by atoms with Crippen LogP contribution in [0, 0.1) is 0 Å². The van der Waals surface area contributed by atoms with E-state index in [1.165, 1.54) is 30.3 Å². The summed E-state index contributed by atoms with van der Waals surface area (Å²) in [6.45, 7) is 4.12. The molecule has 0 bridgehead atoms. The first-order valence-electron chi connectivity index (χ1n) is 8.62. The van der Waals surface area contributed by atoms with Crippen molar-refractivity contribution in [1.29, 1.82) is 0 Å². The molecule has 1 heterocycles. The molecular formula is C21H18N2O5. The molecule has 28 heavy (non-hydrogen) atoms. The SMILES string of the molecule is CC(C)c1ccc(/C=C2\C(=O)NC(=O)N(c3ccc(C(=O)O)cc3)C2=O)cc1. The monoisotopic (exact) mass is 378 g/mol. The number of urea groups is 1. The molecule has 0 unspecified atom stereocenters. The van der Waals surface area contributed by atoms with Gasteiger partial charge in [-0.25, -0.2) is 14.5 Å². The van der Waals surface area contributed by atoms with Gasteiger partial charge in [-0.15, -0.1) is 0 Å². The topological polar surface area (TPSA) is 104 Å². The molecule has 2 aromatic rings. The van der Waals surface area contributed by atoms with Crippen molar-refractivity contribution in [2.24, 2.45) is 0 Å². The van der Waals surface area contributed by atoms with E-state index in [0.717, 1.165) is 10.5 Å². The molecule has 1 fully saturated rings. The summed E-state index contributed by atoms with van der Waals surface area (Å²) in [5, 5.41) is 11.1. The fraction of sp³-hybridized carbons (Fsp3) is 0.143. The maximum absolute atomic E-state index is 12.8. The van der Waals surface area contributed by atoms with Gasteiger partial charge in [0.05, 0.1) is 11.3 Å². The highest BCUT2D eigenvalue weighted by molar-refractivity contribution is 6.39. The highest BCUT2D eigenvalue weighted by atomic mass is 16.4. The molecular weight excluding hydrogens is 360 g/mol. The number of barbiturate groups is 1. The molecule has 0 aromatic heterocycles. The van der Waals surface area contributed by atoms with E-state index in [1.54, 1.807) is 12.1 Å². The third-order valence-corrected chi connectivity index (χ3v) is 4.39. The largest absolute Gasteiger partial charge is 0.478 e. The molecule has 7 nitrogen and oxygen atoms in total. The smallest absolute Gasteiger partial charge is 0.335 e. The standard InChI is InChI=1S/C21H18N2O5/c1-12(2)14-5-3-13(4-6-14)11-17-18(24)22-21(28)23(19(17)25)16-9-7-15(8-10-16)20(26)27/h3-12H,1-2H3,(H,26,27)(H,22,24,28)/b17-11+. The van der Waals surface area contributed by atoms with Crippen molar-refractivity contribution in [3.05, 3.63) is 70.8 Å². The van der Waals surface area contributed by atoms with E-state index in [-0.39, 0.29) is 16.8 Å². The molecule has 2 aromatic carbocycles. The Morgan fingerprint density at radius 1 is 1.00 bits per heavy atom. The number of benzene rings is 2. The Morgan fingerprint density at radius 2 is 1.61 bits per heavy atom. The van der Waals surface area contributed by atoms with Crippen molar-refractivity contribution in [2.75, 3.05) is 4.90 Å². The summed E-state index contributed by atoms with van der Waals surface area (Å²) in [6.07, 6.45) is 1.42. The van der Waals surface area contributed by atoms with Gasteiger partial charge in [0.15, 0.2) is 0 Å². The first kappa shape index (κ1) is 19.0. The van der Waals surface area contributed by atoms with Crippen LogP contribution < -0.4 is 10.2 Å². The van der Waals surface area contributed by atoms with Gasteiger partial charge in [-0.3, -0.25) is 14.9 Å². The lowest BCUT2D eigenvalue weighted by Gasteiger charge is -2.26. The summed E-state index contributed by atoms with van der Waals surface area (Å²) in [6, 6.07) is 11.8. The second-order valence-corrected chi connectivity index (χ2v) is 6.63. The number of carbonyl (C=O) groups is 4. The number of anilines is 1. The van der Waals surface area contributed by atoms with Gasteiger partial charge in [0, 0.05) is 0 Å². The van der Waals surface area contributed by atoms with Crippen LogP contribution in [0.25, 0.3) is 6.08 Å². The van der Waals surface area contributed by atoms with E-state index in [4.69, 9.17) is 5.11 Å². The lowest BCUT2D eigenvalue weighted by molar-refractivity contribution is -0.122. The molecule has 0 saturated carbocycles. The number of nitrogens with one attached hydrogen (secondary N) is 1. The van der Waals surface area contributed by atoms with Gasteiger partial charge in [-0.05, 0) is 47.4 Å². The molecule has 3 rings (SSSR count). The van der Waals surface area contributed by atoms with Crippen LogP contribution in [0.3, 0.4) is 0 Å². The van der Waals surface area contributed by atoms with Crippen LogP contribution in [0.4, 0.5) is 10.5 Å². The summed E-state index contributed by atoms with van der Waals surface area (Å²) >= 11 is 0. The summed E-state index contributed by atoms with van der Waals surface area (Å²) in [5.74, 6) is -2.32. The molecule has 142 valence electrons. The number of amides is 4. The minimum absolute atomic E-state index is 0.0192. The Hall–Kier alpha value is -3.74. The van der Waals surface area contributed by atoms with Crippen molar-refractivity contribution in [3.8, 4) is 0 Å². The van der Waals surface area contributed by atoms with Crippen molar-refractivity contribution in [1.82, 2.24) is 5.32 Å². The van der Waals surface area contributed by atoms with E-state index in [2.05, 4.69) is 19.2 Å². The van der Waals surface area contributed by atoms with Gasteiger partial charge >= 0.3 is 12.0 Å². The zero-order valence-electron chi connectivity index (χ0n) is 15.3. The van der Waals surface area contributed by atoms with Gasteiger partial charge in [-0.2, -0.15) is 0 Å². The van der Waals surface area contributed by atoms with Crippen LogP contribution in [-0.2, 0) is 9.59 Å². The van der Waals surface area contributed by atoms with E-state index >= 15 is 0 Å². The van der Waals surface area contributed by atoms with Gasteiger partial charge in [0.1, 0.15) is 5.57 Å². The predicted molar refractivity (Wildman–Crippen MR) is 103 cm³/mol. The maximum Gasteiger partial charge on any atom is 0.335 e. The normalized spacial score (nSPS) is 15.9. The van der Waals surface area contributed by atoms with Crippen LogP contribution in [0.15, 0.2) is 54.1 Å². The zero-order valence-corrected chi connectivity index (χ0v) is 15.3. The Kier molecular flexibility index (Phi) is 5.08. The molecule has 7 heteroatoms. The fourth-order valence-electron chi connectivity index (χ4n) is 2.79. The lowest BCUT2D eigenvalue weighted by atomic mass is 10.0. The Balaban J connectivity index is 1.94. The molecule has 0 atom stereocenters. The molecule has 0 aliphatic carbocycles. The minimum atomic E-state index is -1.12. The van der Waals surface area contributed by atoms with Crippen molar-refractivity contribution >= 4 is 35.6 Å². The molecule has 4 amide bonds. The zero-order chi connectivity index (χ0) is 20.4. The highest BCUT2D eigenvalue weighted by Gasteiger charge is 2.36. The van der Waals surface area contributed by atoms with Crippen LogP contribution in [-0.4, -0.2) is 28.9 Å². The first-order valence-corrected chi connectivity index (χ1v) is 8.62. The molecule has 1 saturated heterocycles. The van der Waals surface area contributed by atoms with Crippen molar-refractivity contribution in [3.63, 3.8) is 0 Å². The van der Waals surface area contributed by atoms with Crippen LogP contribution in [0.2, 0.25) is 0 Å². The summed E-state index contributed by atoms with van der Waals surface area (Å²) < 4.78 is 0. The number of aromatic carboxylic acids is 1. The minimum Gasteiger partial charge on any atom is -0.478 e. The Labute approximate surface area is 161 Å². The average molecular weight is 378 g/mol. The molecule has 1 aliphatic heterocycles. The average Bonchev–Trinajstić information content (AvgIpc) is 2.65. The lowest BCUT2D eigenvalue weighted by Crippen LogP contribution is -2.54. The predicted octanol–water partition coefficient (Wildman–Crippen LogP) is 3.17. The second-order valence-electron chi connectivity index (χ2n) is 6.63. The third kappa shape index (κ3) is 3.68. The fourth-order valence-corrected chi connectivity index (χ4v) is 2.79.